The third-order valence-corrected chi connectivity index (χ3v) is 6.50. The molecule has 150 valence electrons. The number of anilines is 1. The molecule has 2 aromatic rings. The number of nitrogens with one attached hydrogen (secondary N) is 1. The van der Waals surface area contributed by atoms with Crippen LogP contribution in [0.5, 0.6) is 0 Å². The summed E-state index contributed by atoms with van der Waals surface area (Å²) in [5.74, 6) is -1.74. The van der Waals surface area contributed by atoms with Gasteiger partial charge in [-0.2, -0.15) is 0 Å². The van der Waals surface area contributed by atoms with Crippen molar-refractivity contribution in [3.63, 3.8) is 0 Å². The van der Waals surface area contributed by atoms with Crippen LogP contribution in [0.25, 0.3) is 0 Å². The number of ether oxygens (including phenoxy) is 1. The minimum absolute atomic E-state index is 0.158. The lowest BCUT2D eigenvalue weighted by Crippen LogP contribution is -2.22. The van der Waals surface area contributed by atoms with E-state index in [4.69, 9.17) is 16.3 Å². The Morgan fingerprint density at radius 3 is 2.46 bits per heavy atom. The number of hydrogen-bond acceptors (Lipinski definition) is 5. The van der Waals surface area contributed by atoms with Crippen molar-refractivity contribution >= 4 is 54.9 Å². The fourth-order valence-electron chi connectivity index (χ4n) is 2.24. The highest BCUT2D eigenvalue weighted by Crippen LogP contribution is 2.25. The van der Waals surface area contributed by atoms with E-state index in [0.717, 1.165) is 15.6 Å². The van der Waals surface area contributed by atoms with Gasteiger partial charge >= 0.3 is 5.97 Å². The first-order chi connectivity index (χ1) is 13.1. The molecule has 0 radical (unpaired) electrons. The van der Waals surface area contributed by atoms with Crippen LogP contribution in [0.15, 0.2) is 45.8 Å². The second kappa shape index (κ2) is 9.54. The largest absolute Gasteiger partial charge is 0.456 e. The first-order valence-electron chi connectivity index (χ1n) is 8.29. The molecule has 0 saturated heterocycles. The monoisotopic (exact) mass is 487 g/mol. The van der Waals surface area contributed by atoms with Crippen molar-refractivity contribution in [3.8, 4) is 0 Å². The van der Waals surface area contributed by atoms with Crippen LogP contribution < -0.4 is 5.32 Å². The highest BCUT2D eigenvalue weighted by Gasteiger charge is 2.18. The van der Waals surface area contributed by atoms with Crippen LogP contribution in [-0.4, -0.2) is 32.7 Å². The summed E-state index contributed by atoms with van der Waals surface area (Å²) >= 11 is 9.25. The van der Waals surface area contributed by atoms with Crippen molar-refractivity contribution in [1.82, 2.24) is 0 Å². The third kappa shape index (κ3) is 6.32. The Balaban J connectivity index is 1.84. The first-order valence-corrected chi connectivity index (χ1v) is 11.1. The molecule has 0 aliphatic heterocycles. The zero-order valence-electron chi connectivity index (χ0n) is 15.3. The van der Waals surface area contributed by atoms with E-state index in [2.05, 4.69) is 21.2 Å². The van der Waals surface area contributed by atoms with Crippen molar-refractivity contribution in [2.45, 2.75) is 25.2 Å². The van der Waals surface area contributed by atoms with Crippen molar-refractivity contribution in [2.24, 2.45) is 0 Å². The van der Waals surface area contributed by atoms with E-state index >= 15 is 0 Å². The second-order valence-electron chi connectivity index (χ2n) is 6.15. The molecule has 2 aromatic carbocycles. The molecule has 0 atom stereocenters. The van der Waals surface area contributed by atoms with Gasteiger partial charge in [-0.1, -0.05) is 33.6 Å². The van der Waals surface area contributed by atoms with Gasteiger partial charge in [-0.05, 0) is 55.3 Å². The predicted octanol–water partition coefficient (Wildman–Crippen LogP) is 4.07. The van der Waals surface area contributed by atoms with Gasteiger partial charge in [0.05, 0.1) is 27.8 Å². The number of carbonyl (C=O) groups excluding carboxylic acids is 2. The second-order valence-corrected chi connectivity index (χ2v) is 9.58. The van der Waals surface area contributed by atoms with E-state index in [-0.39, 0.29) is 11.3 Å². The van der Waals surface area contributed by atoms with E-state index < -0.39 is 34.1 Å². The number of amides is 1. The van der Waals surface area contributed by atoms with E-state index in [9.17, 15) is 18.0 Å². The molecular formula is C19H19BrClNO5S. The summed E-state index contributed by atoms with van der Waals surface area (Å²) in [6.07, 6.45) is -0.346. The van der Waals surface area contributed by atoms with Crippen molar-refractivity contribution < 1.29 is 22.7 Å². The molecule has 0 aliphatic carbocycles. The first kappa shape index (κ1) is 22.4. The lowest BCUT2D eigenvalue weighted by molar-refractivity contribution is -0.146. The predicted molar refractivity (Wildman–Crippen MR) is 111 cm³/mol. The Bertz CT molecular complexity index is 1010. The number of rotatable bonds is 7. The summed E-state index contributed by atoms with van der Waals surface area (Å²) in [5.41, 5.74) is 2.21. The maximum absolute atomic E-state index is 12.3. The van der Waals surface area contributed by atoms with Gasteiger partial charge in [-0.25, -0.2) is 8.42 Å². The van der Waals surface area contributed by atoms with Gasteiger partial charge in [0.15, 0.2) is 16.4 Å². The minimum Gasteiger partial charge on any atom is -0.456 e. The molecule has 1 N–H and O–H groups in total. The average Bonchev–Trinajstić information content (AvgIpc) is 2.63. The summed E-state index contributed by atoms with van der Waals surface area (Å²) in [5, 5.41) is 2.84. The molecule has 28 heavy (non-hydrogen) atoms. The fraction of sp³-hybridized carbons (Fsp3) is 0.263. The van der Waals surface area contributed by atoms with Crippen LogP contribution in [0.4, 0.5) is 5.69 Å². The maximum atomic E-state index is 12.3. The van der Waals surface area contributed by atoms with Crippen LogP contribution in [-0.2, 0) is 24.2 Å². The number of carbonyl (C=O) groups is 2. The van der Waals surface area contributed by atoms with Crippen LogP contribution in [0.2, 0.25) is 5.02 Å². The zero-order valence-corrected chi connectivity index (χ0v) is 18.4. The van der Waals surface area contributed by atoms with Gasteiger partial charge in [-0.3, -0.25) is 9.59 Å². The Labute approximate surface area is 177 Å². The molecule has 1 amide bonds. The lowest BCUT2D eigenvalue weighted by Gasteiger charge is -2.09. The molecule has 6 nitrogen and oxygen atoms in total. The Morgan fingerprint density at radius 2 is 1.82 bits per heavy atom. The average molecular weight is 489 g/mol. The van der Waals surface area contributed by atoms with Crippen LogP contribution in [0.1, 0.15) is 17.5 Å². The van der Waals surface area contributed by atoms with E-state index in [1.54, 1.807) is 30.3 Å². The summed E-state index contributed by atoms with van der Waals surface area (Å²) in [6.45, 7) is 3.17. The number of esters is 1. The van der Waals surface area contributed by atoms with Crippen molar-refractivity contribution in [1.29, 1.82) is 0 Å². The topological polar surface area (TPSA) is 89.5 Å². The molecule has 0 spiro atoms. The van der Waals surface area contributed by atoms with Crippen molar-refractivity contribution in [2.75, 3.05) is 17.7 Å². The zero-order chi connectivity index (χ0) is 20.9. The highest BCUT2D eigenvalue weighted by atomic mass is 79.9. The quantitative estimate of drug-likeness (QED) is 0.594. The summed E-state index contributed by atoms with van der Waals surface area (Å²) in [7, 11) is -3.61. The number of aryl methyl sites for hydroxylation is 2. The van der Waals surface area contributed by atoms with E-state index in [1.807, 2.05) is 13.8 Å². The normalized spacial score (nSPS) is 11.1. The van der Waals surface area contributed by atoms with E-state index in [0.29, 0.717) is 10.7 Å². The van der Waals surface area contributed by atoms with Crippen LogP contribution >= 0.6 is 27.5 Å². The van der Waals surface area contributed by atoms with Crippen LogP contribution in [0.3, 0.4) is 0 Å². The number of halogens is 2. The lowest BCUT2D eigenvalue weighted by atomic mass is 10.1. The maximum Gasteiger partial charge on any atom is 0.307 e. The molecule has 0 fully saturated rings. The third-order valence-electron chi connectivity index (χ3n) is 3.98. The summed E-state index contributed by atoms with van der Waals surface area (Å²) in [6, 6.07) is 9.72. The van der Waals surface area contributed by atoms with Gasteiger partial charge in [-0.15, -0.1) is 0 Å². The Kier molecular flexibility index (Phi) is 7.63. The molecule has 0 bridgehead atoms. The Hall–Kier alpha value is -1.90. The van der Waals surface area contributed by atoms with Gasteiger partial charge in [0.2, 0.25) is 0 Å². The SMILES string of the molecule is Cc1ccc(S(=O)(=O)CCC(=O)OCC(=O)Nc2ccc(Br)cc2Cl)cc1C. The smallest absolute Gasteiger partial charge is 0.307 e. The Morgan fingerprint density at radius 1 is 1.11 bits per heavy atom. The van der Waals surface area contributed by atoms with Gasteiger partial charge in [0, 0.05) is 4.47 Å². The molecule has 9 heteroatoms. The van der Waals surface area contributed by atoms with Gasteiger partial charge in [0.1, 0.15) is 0 Å². The number of hydrogen-bond donors (Lipinski definition) is 1. The summed E-state index contributed by atoms with van der Waals surface area (Å²) in [4.78, 5) is 23.8. The molecule has 0 heterocycles. The van der Waals surface area contributed by atoms with Crippen molar-refractivity contribution in [3.05, 3.63) is 57.0 Å². The molecule has 2 rings (SSSR count). The molecule has 0 aromatic heterocycles. The number of sulfone groups is 1. The molecule has 0 unspecified atom stereocenters. The summed E-state index contributed by atoms with van der Waals surface area (Å²) < 4.78 is 30.3. The molecule has 0 saturated carbocycles. The standard InChI is InChI=1S/C19H19BrClNO5S/c1-12-3-5-15(9-13(12)2)28(25,26)8-7-19(24)27-11-18(23)22-17-6-4-14(20)10-16(17)21/h3-6,9-10H,7-8,11H2,1-2H3,(H,22,23). The van der Waals surface area contributed by atoms with Gasteiger partial charge < -0.3 is 10.1 Å². The van der Waals surface area contributed by atoms with Gasteiger partial charge in [0.25, 0.3) is 5.91 Å². The fourth-order valence-corrected chi connectivity index (χ4v) is 4.26. The van der Waals surface area contributed by atoms with Crippen LogP contribution in [0, 0.1) is 13.8 Å². The minimum atomic E-state index is -3.61. The molecular weight excluding hydrogens is 470 g/mol. The number of benzene rings is 2. The molecule has 0 aliphatic rings. The highest BCUT2D eigenvalue weighted by molar-refractivity contribution is 9.10. The van der Waals surface area contributed by atoms with E-state index in [1.165, 1.54) is 6.07 Å².